The van der Waals surface area contributed by atoms with Crippen LogP contribution in [0.4, 0.5) is 0 Å². The summed E-state index contributed by atoms with van der Waals surface area (Å²) in [5.41, 5.74) is 2.02. The molecular formula is C19H23N5O3. The number of carbonyl (C=O) groups excluding carboxylic acids is 2. The summed E-state index contributed by atoms with van der Waals surface area (Å²) in [6.45, 7) is 5.09. The van der Waals surface area contributed by atoms with Gasteiger partial charge in [-0.3, -0.25) is 9.59 Å². The number of hydrogen-bond donors (Lipinski definition) is 1. The predicted molar refractivity (Wildman–Crippen MR) is 98.2 cm³/mol. The lowest BCUT2D eigenvalue weighted by atomic mass is 10.1. The third-order valence-electron chi connectivity index (χ3n) is 5.15. The molecule has 0 spiro atoms. The van der Waals surface area contributed by atoms with Crippen molar-refractivity contribution in [2.24, 2.45) is 0 Å². The van der Waals surface area contributed by atoms with E-state index >= 15 is 0 Å². The number of nitrogens with zero attached hydrogens (tertiary/aromatic N) is 4. The van der Waals surface area contributed by atoms with E-state index < -0.39 is 0 Å². The lowest BCUT2D eigenvalue weighted by molar-refractivity contribution is -0.119. The van der Waals surface area contributed by atoms with E-state index in [0.29, 0.717) is 42.3 Å². The highest BCUT2D eigenvalue weighted by Gasteiger charge is 2.33. The molecule has 1 atom stereocenters. The van der Waals surface area contributed by atoms with Gasteiger partial charge in [-0.05, 0) is 26.3 Å². The second-order valence-corrected chi connectivity index (χ2v) is 7.27. The fraction of sp³-hybridized carbons (Fsp3) is 0.474. The van der Waals surface area contributed by atoms with Gasteiger partial charge in [-0.15, -0.1) is 0 Å². The summed E-state index contributed by atoms with van der Waals surface area (Å²) in [5, 5.41) is 2.97. The maximum atomic E-state index is 12.7. The van der Waals surface area contributed by atoms with Crippen LogP contribution >= 0.6 is 0 Å². The average molecular weight is 369 g/mol. The van der Waals surface area contributed by atoms with Gasteiger partial charge >= 0.3 is 0 Å². The zero-order chi connectivity index (χ0) is 19.1. The zero-order valence-corrected chi connectivity index (χ0v) is 15.7. The van der Waals surface area contributed by atoms with Crippen molar-refractivity contribution in [1.29, 1.82) is 0 Å². The summed E-state index contributed by atoms with van der Waals surface area (Å²) in [6.07, 6.45) is 4.94. The Kier molecular flexibility index (Phi) is 4.33. The van der Waals surface area contributed by atoms with Crippen LogP contribution in [0.1, 0.15) is 42.7 Å². The molecule has 0 aromatic carbocycles. The number of hydrogen-bond acceptors (Lipinski definition) is 5. The topological polar surface area (TPSA) is 89.4 Å². The summed E-state index contributed by atoms with van der Waals surface area (Å²) in [7, 11) is 1.57. The fourth-order valence-corrected chi connectivity index (χ4v) is 3.71. The van der Waals surface area contributed by atoms with Crippen molar-refractivity contribution in [3.05, 3.63) is 29.7 Å². The fourth-order valence-electron chi connectivity index (χ4n) is 3.71. The van der Waals surface area contributed by atoms with Crippen LogP contribution in [0.25, 0.3) is 11.4 Å². The molecule has 27 heavy (non-hydrogen) atoms. The summed E-state index contributed by atoms with van der Waals surface area (Å²) >= 11 is 0. The normalized spacial score (nSPS) is 19.0. The van der Waals surface area contributed by atoms with Gasteiger partial charge in [0, 0.05) is 37.4 Å². The molecule has 1 saturated heterocycles. The van der Waals surface area contributed by atoms with Gasteiger partial charge in [-0.25, -0.2) is 9.97 Å². The molecule has 2 aromatic rings. The molecule has 0 aliphatic carbocycles. The van der Waals surface area contributed by atoms with Gasteiger partial charge in [0.2, 0.25) is 11.8 Å². The number of fused-ring (bicyclic) bond motifs is 1. The number of pyridine rings is 1. The van der Waals surface area contributed by atoms with Crippen LogP contribution < -0.4 is 10.1 Å². The number of aromatic nitrogens is 3. The molecule has 8 nitrogen and oxygen atoms in total. The molecule has 2 amide bonds. The second kappa shape index (κ2) is 6.68. The second-order valence-electron chi connectivity index (χ2n) is 7.27. The van der Waals surface area contributed by atoms with E-state index in [1.54, 1.807) is 18.2 Å². The third-order valence-corrected chi connectivity index (χ3v) is 5.15. The molecule has 2 aliphatic rings. The minimum Gasteiger partial charge on any atom is -0.480 e. The van der Waals surface area contributed by atoms with E-state index in [1.165, 1.54) is 0 Å². The van der Waals surface area contributed by atoms with Crippen molar-refractivity contribution < 1.29 is 14.3 Å². The smallest absolute Gasteiger partial charge is 0.256 e. The van der Waals surface area contributed by atoms with Crippen LogP contribution in [-0.4, -0.2) is 50.4 Å². The Hall–Kier alpha value is -2.90. The quantitative estimate of drug-likeness (QED) is 0.865. The van der Waals surface area contributed by atoms with Gasteiger partial charge < -0.3 is 19.5 Å². The molecule has 8 heteroatoms. The minimum absolute atomic E-state index is 0.0161. The van der Waals surface area contributed by atoms with Gasteiger partial charge in [0.15, 0.2) is 0 Å². The predicted octanol–water partition coefficient (Wildman–Crippen LogP) is 1.60. The van der Waals surface area contributed by atoms with Crippen molar-refractivity contribution >= 4 is 11.8 Å². The van der Waals surface area contributed by atoms with Gasteiger partial charge in [0.05, 0.1) is 30.5 Å². The standard InChI is InChI=1S/C19H23N5O3/c1-11(2)24-10-15-13(19(24)26)8-14(18(22-15)27-3)17-20-6-7-23(17)9-12-4-5-16(25)21-12/h6-8,11-12H,4-5,9-10H2,1-3H3,(H,21,25). The monoisotopic (exact) mass is 369 g/mol. The number of amides is 2. The molecule has 1 N–H and O–H groups in total. The molecule has 0 bridgehead atoms. The Balaban J connectivity index is 1.70. The highest BCUT2D eigenvalue weighted by molar-refractivity contribution is 5.99. The lowest BCUT2D eigenvalue weighted by Gasteiger charge is -2.19. The number of carbonyl (C=O) groups is 2. The average Bonchev–Trinajstić information content (AvgIpc) is 3.34. The molecule has 142 valence electrons. The summed E-state index contributed by atoms with van der Waals surface area (Å²) in [6, 6.07) is 2.02. The number of rotatable bonds is 5. The first-order chi connectivity index (χ1) is 13.0. The van der Waals surface area contributed by atoms with Crippen LogP contribution in [0.15, 0.2) is 18.5 Å². The Bertz CT molecular complexity index is 905. The van der Waals surface area contributed by atoms with Crippen molar-refractivity contribution in [3.63, 3.8) is 0 Å². The Labute approximate surface area is 157 Å². The van der Waals surface area contributed by atoms with E-state index in [4.69, 9.17) is 4.74 Å². The van der Waals surface area contributed by atoms with Gasteiger partial charge in [0.1, 0.15) is 5.82 Å². The van der Waals surface area contributed by atoms with E-state index in [1.807, 2.05) is 30.7 Å². The summed E-state index contributed by atoms with van der Waals surface area (Å²) in [5.74, 6) is 1.20. The first-order valence-electron chi connectivity index (χ1n) is 9.17. The van der Waals surface area contributed by atoms with E-state index in [2.05, 4.69) is 15.3 Å². The maximum absolute atomic E-state index is 12.7. The molecular weight excluding hydrogens is 346 g/mol. The van der Waals surface area contributed by atoms with Crippen LogP contribution in [0.5, 0.6) is 5.88 Å². The highest BCUT2D eigenvalue weighted by Crippen LogP contribution is 2.34. The van der Waals surface area contributed by atoms with Crippen LogP contribution in [0, 0.1) is 0 Å². The third kappa shape index (κ3) is 3.05. The molecule has 4 rings (SSSR count). The molecule has 2 aromatic heterocycles. The molecule has 4 heterocycles. The van der Waals surface area contributed by atoms with Crippen molar-refractivity contribution in [2.75, 3.05) is 7.11 Å². The Morgan fingerprint density at radius 3 is 2.81 bits per heavy atom. The van der Waals surface area contributed by atoms with E-state index in [-0.39, 0.29) is 23.9 Å². The number of ether oxygens (including phenoxy) is 1. The van der Waals surface area contributed by atoms with E-state index in [9.17, 15) is 9.59 Å². The summed E-state index contributed by atoms with van der Waals surface area (Å²) in [4.78, 5) is 35.1. The van der Waals surface area contributed by atoms with E-state index in [0.717, 1.165) is 12.1 Å². The minimum atomic E-state index is -0.0161. The Morgan fingerprint density at radius 2 is 2.15 bits per heavy atom. The molecule has 0 radical (unpaired) electrons. The maximum Gasteiger partial charge on any atom is 0.256 e. The van der Waals surface area contributed by atoms with Crippen LogP contribution in [-0.2, 0) is 17.9 Å². The molecule has 2 aliphatic heterocycles. The Morgan fingerprint density at radius 1 is 1.33 bits per heavy atom. The molecule has 1 unspecified atom stereocenters. The van der Waals surface area contributed by atoms with Gasteiger partial charge in [-0.1, -0.05) is 0 Å². The number of imidazole rings is 1. The van der Waals surface area contributed by atoms with Gasteiger partial charge in [0.25, 0.3) is 5.91 Å². The van der Waals surface area contributed by atoms with Crippen LogP contribution in [0.3, 0.4) is 0 Å². The van der Waals surface area contributed by atoms with Crippen LogP contribution in [0.2, 0.25) is 0 Å². The zero-order valence-electron chi connectivity index (χ0n) is 15.7. The number of methoxy groups -OCH3 is 1. The first-order valence-corrected chi connectivity index (χ1v) is 9.17. The van der Waals surface area contributed by atoms with Crippen molar-refractivity contribution in [3.8, 4) is 17.3 Å². The van der Waals surface area contributed by atoms with Crippen molar-refractivity contribution in [2.45, 2.75) is 51.9 Å². The largest absolute Gasteiger partial charge is 0.480 e. The first kappa shape index (κ1) is 17.5. The number of nitrogens with one attached hydrogen (secondary N) is 1. The SMILES string of the molecule is COc1nc2c(cc1-c1nccn1CC1CCC(=O)N1)C(=O)N(C(C)C)C2. The highest BCUT2D eigenvalue weighted by atomic mass is 16.5. The summed E-state index contributed by atoms with van der Waals surface area (Å²) < 4.78 is 7.48. The van der Waals surface area contributed by atoms with Gasteiger partial charge in [-0.2, -0.15) is 0 Å². The lowest BCUT2D eigenvalue weighted by Crippen LogP contribution is -2.30. The molecule has 1 fully saturated rings. The molecule has 0 saturated carbocycles. The van der Waals surface area contributed by atoms with Crippen molar-refractivity contribution in [1.82, 2.24) is 24.8 Å².